The summed E-state index contributed by atoms with van der Waals surface area (Å²) in [5.74, 6) is 1.72. The lowest BCUT2D eigenvalue weighted by molar-refractivity contribution is 0.951. The van der Waals surface area contributed by atoms with E-state index >= 15 is 0 Å². The fourth-order valence-electron chi connectivity index (χ4n) is 1.74. The molecule has 0 saturated heterocycles. The van der Waals surface area contributed by atoms with E-state index in [9.17, 15) is 0 Å². The Morgan fingerprint density at radius 1 is 1.06 bits per heavy atom. The third kappa shape index (κ3) is 3.06. The van der Waals surface area contributed by atoms with E-state index in [1.165, 1.54) is 0 Å². The van der Waals surface area contributed by atoms with Crippen molar-refractivity contribution in [1.29, 1.82) is 0 Å². The van der Waals surface area contributed by atoms with Crippen LogP contribution in [0.15, 0.2) is 36.4 Å². The number of aryl methyl sites for hydroxylation is 1. The predicted octanol–water partition coefficient (Wildman–Crippen LogP) is 3.53. The Labute approximate surface area is 108 Å². The van der Waals surface area contributed by atoms with Gasteiger partial charge in [0, 0.05) is 23.9 Å². The van der Waals surface area contributed by atoms with E-state index in [1.807, 2.05) is 36.4 Å². The SMILES string of the molecule is CCCNc1cc(CC)nc(-c2ccccc2)n1. The van der Waals surface area contributed by atoms with Gasteiger partial charge in [-0.15, -0.1) is 0 Å². The van der Waals surface area contributed by atoms with Gasteiger partial charge in [0.05, 0.1) is 0 Å². The molecule has 1 heterocycles. The number of nitrogens with one attached hydrogen (secondary N) is 1. The van der Waals surface area contributed by atoms with E-state index in [0.29, 0.717) is 0 Å². The first kappa shape index (κ1) is 12.6. The molecule has 18 heavy (non-hydrogen) atoms. The maximum atomic E-state index is 4.58. The van der Waals surface area contributed by atoms with Gasteiger partial charge in [-0.3, -0.25) is 0 Å². The summed E-state index contributed by atoms with van der Waals surface area (Å²) >= 11 is 0. The maximum absolute atomic E-state index is 4.58. The standard InChI is InChI=1S/C15H19N3/c1-3-10-16-14-11-13(4-2)17-15(18-14)12-8-6-5-7-9-12/h5-9,11H,3-4,10H2,1-2H3,(H,16,17,18). The molecule has 0 spiro atoms. The van der Waals surface area contributed by atoms with Gasteiger partial charge in [-0.1, -0.05) is 44.2 Å². The van der Waals surface area contributed by atoms with Crippen LogP contribution in [0.2, 0.25) is 0 Å². The molecule has 0 saturated carbocycles. The summed E-state index contributed by atoms with van der Waals surface area (Å²) in [5.41, 5.74) is 2.13. The topological polar surface area (TPSA) is 37.8 Å². The number of aromatic nitrogens is 2. The van der Waals surface area contributed by atoms with E-state index in [-0.39, 0.29) is 0 Å². The molecule has 0 amide bonds. The molecule has 0 aliphatic rings. The van der Waals surface area contributed by atoms with Gasteiger partial charge < -0.3 is 5.32 Å². The Morgan fingerprint density at radius 2 is 1.83 bits per heavy atom. The lowest BCUT2D eigenvalue weighted by atomic mass is 10.2. The second-order valence-corrected chi connectivity index (χ2v) is 4.21. The summed E-state index contributed by atoms with van der Waals surface area (Å²) in [7, 11) is 0. The molecular weight excluding hydrogens is 222 g/mol. The molecule has 1 N–H and O–H groups in total. The lowest BCUT2D eigenvalue weighted by Crippen LogP contribution is -2.05. The van der Waals surface area contributed by atoms with Gasteiger partial charge in [0.15, 0.2) is 5.82 Å². The van der Waals surface area contributed by atoms with E-state index in [2.05, 4.69) is 29.1 Å². The quantitative estimate of drug-likeness (QED) is 0.870. The maximum Gasteiger partial charge on any atom is 0.161 e. The number of hydrogen-bond donors (Lipinski definition) is 1. The zero-order valence-corrected chi connectivity index (χ0v) is 11.0. The van der Waals surface area contributed by atoms with Crippen LogP contribution in [0.3, 0.4) is 0 Å². The van der Waals surface area contributed by atoms with Gasteiger partial charge in [0.1, 0.15) is 5.82 Å². The Hall–Kier alpha value is -1.90. The second kappa shape index (κ2) is 6.15. The van der Waals surface area contributed by atoms with Gasteiger partial charge in [0.2, 0.25) is 0 Å². The van der Waals surface area contributed by atoms with Gasteiger partial charge in [-0.25, -0.2) is 9.97 Å². The van der Waals surface area contributed by atoms with Crippen LogP contribution in [-0.2, 0) is 6.42 Å². The summed E-state index contributed by atoms with van der Waals surface area (Å²) in [4.78, 5) is 9.15. The van der Waals surface area contributed by atoms with Crippen molar-refractivity contribution in [2.45, 2.75) is 26.7 Å². The fraction of sp³-hybridized carbons (Fsp3) is 0.333. The third-order valence-corrected chi connectivity index (χ3v) is 2.73. The van der Waals surface area contributed by atoms with Crippen LogP contribution < -0.4 is 5.32 Å². The average molecular weight is 241 g/mol. The normalized spacial score (nSPS) is 10.3. The van der Waals surface area contributed by atoms with Crippen molar-refractivity contribution in [1.82, 2.24) is 9.97 Å². The fourth-order valence-corrected chi connectivity index (χ4v) is 1.74. The van der Waals surface area contributed by atoms with E-state index in [0.717, 1.165) is 42.3 Å². The highest BCUT2D eigenvalue weighted by Gasteiger charge is 2.05. The summed E-state index contributed by atoms with van der Waals surface area (Å²) in [6.07, 6.45) is 2.01. The van der Waals surface area contributed by atoms with Gasteiger partial charge in [-0.2, -0.15) is 0 Å². The molecule has 0 aliphatic heterocycles. The molecule has 0 bridgehead atoms. The van der Waals surface area contributed by atoms with E-state index < -0.39 is 0 Å². The van der Waals surface area contributed by atoms with Crippen LogP contribution in [0, 0.1) is 0 Å². The van der Waals surface area contributed by atoms with Crippen LogP contribution in [0.25, 0.3) is 11.4 Å². The number of anilines is 1. The summed E-state index contributed by atoms with van der Waals surface area (Å²) < 4.78 is 0. The Bertz CT molecular complexity index is 494. The van der Waals surface area contributed by atoms with Gasteiger partial charge >= 0.3 is 0 Å². The van der Waals surface area contributed by atoms with Crippen molar-refractivity contribution in [3.63, 3.8) is 0 Å². The molecular formula is C15H19N3. The van der Waals surface area contributed by atoms with Crippen LogP contribution in [-0.4, -0.2) is 16.5 Å². The zero-order valence-electron chi connectivity index (χ0n) is 11.0. The highest BCUT2D eigenvalue weighted by Crippen LogP contribution is 2.17. The molecule has 3 heteroatoms. The molecule has 94 valence electrons. The molecule has 0 aliphatic carbocycles. The largest absolute Gasteiger partial charge is 0.370 e. The first-order chi connectivity index (χ1) is 8.83. The van der Waals surface area contributed by atoms with Crippen LogP contribution in [0.1, 0.15) is 26.0 Å². The highest BCUT2D eigenvalue weighted by atomic mass is 15.0. The molecule has 0 atom stereocenters. The molecule has 2 aromatic rings. The smallest absolute Gasteiger partial charge is 0.161 e. The number of rotatable bonds is 5. The molecule has 0 unspecified atom stereocenters. The number of hydrogen-bond acceptors (Lipinski definition) is 3. The minimum absolute atomic E-state index is 0.800. The zero-order chi connectivity index (χ0) is 12.8. The van der Waals surface area contributed by atoms with Crippen molar-refractivity contribution < 1.29 is 0 Å². The Kier molecular flexibility index (Phi) is 4.29. The summed E-state index contributed by atoms with van der Waals surface area (Å²) in [6, 6.07) is 12.1. The predicted molar refractivity (Wildman–Crippen MR) is 75.6 cm³/mol. The highest BCUT2D eigenvalue weighted by molar-refractivity contribution is 5.57. The molecule has 1 aromatic heterocycles. The number of nitrogens with zero attached hydrogens (tertiary/aromatic N) is 2. The van der Waals surface area contributed by atoms with Gasteiger partial charge in [0.25, 0.3) is 0 Å². The van der Waals surface area contributed by atoms with Crippen molar-refractivity contribution in [2.24, 2.45) is 0 Å². The lowest BCUT2D eigenvalue weighted by Gasteiger charge is -2.08. The third-order valence-electron chi connectivity index (χ3n) is 2.73. The van der Waals surface area contributed by atoms with Crippen LogP contribution in [0.5, 0.6) is 0 Å². The molecule has 0 radical (unpaired) electrons. The Morgan fingerprint density at radius 3 is 2.50 bits per heavy atom. The van der Waals surface area contributed by atoms with Crippen molar-refractivity contribution in [2.75, 3.05) is 11.9 Å². The molecule has 1 aromatic carbocycles. The van der Waals surface area contributed by atoms with Gasteiger partial charge in [-0.05, 0) is 12.8 Å². The molecule has 0 fully saturated rings. The first-order valence-electron chi connectivity index (χ1n) is 6.50. The summed E-state index contributed by atoms with van der Waals surface area (Å²) in [6.45, 7) is 5.20. The van der Waals surface area contributed by atoms with Crippen LogP contribution in [0.4, 0.5) is 5.82 Å². The monoisotopic (exact) mass is 241 g/mol. The number of benzene rings is 1. The second-order valence-electron chi connectivity index (χ2n) is 4.21. The average Bonchev–Trinajstić information content (AvgIpc) is 2.45. The minimum atomic E-state index is 0.800. The minimum Gasteiger partial charge on any atom is -0.370 e. The van der Waals surface area contributed by atoms with Crippen molar-refractivity contribution >= 4 is 5.82 Å². The summed E-state index contributed by atoms with van der Waals surface area (Å²) in [5, 5.41) is 3.33. The van der Waals surface area contributed by atoms with E-state index in [4.69, 9.17) is 0 Å². The molecule has 2 rings (SSSR count). The van der Waals surface area contributed by atoms with Crippen LogP contribution >= 0.6 is 0 Å². The first-order valence-corrected chi connectivity index (χ1v) is 6.50. The van der Waals surface area contributed by atoms with Crippen molar-refractivity contribution in [3.8, 4) is 11.4 Å². The molecule has 3 nitrogen and oxygen atoms in total. The Balaban J connectivity index is 2.35. The van der Waals surface area contributed by atoms with E-state index in [1.54, 1.807) is 0 Å². The van der Waals surface area contributed by atoms with Crippen molar-refractivity contribution in [3.05, 3.63) is 42.1 Å².